The Morgan fingerprint density at radius 1 is 0.941 bits per heavy atom. The van der Waals surface area contributed by atoms with E-state index in [0.717, 1.165) is 19.6 Å². The quantitative estimate of drug-likeness (QED) is 0.421. The fraction of sp³-hybridized carbons (Fsp3) is 0.154. The summed E-state index contributed by atoms with van der Waals surface area (Å²) >= 11 is 3.23. The van der Waals surface area contributed by atoms with Crippen LogP contribution in [0.3, 0.4) is 0 Å². The predicted octanol–water partition coefficient (Wildman–Crippen LogP) is 4.66. The van der Waals surface area contributed by atoms with Crippen LogP contribution in [-0.4, -0.2) is 48.7 Å². The average Bonchev–Trinajstić information content (AvgIpc) is 3.15. The fourth-order valence-electron chi connectivity index (χ4n) is 3.50. The number of nitrogens with zero attached hydrogens (tertiary/aromatic N) is 1. The van der Waals surface area contributed by atoms with Gasteiger partial charge in [-0.2, -0.15) is 0 Å². The number of rotatable bonds is 9. The molecule has 0 aromatic heterocycles. The number of benzene rings is 3. The molecule has 0 spiro atoms. The average molecular weight is 493 g/mol. The molecule has 8 heteroatoms. The molecule has 1 amide bonds. The number of hydrogen-bond acceptors (Lipinski definition) is 7. The van der Waals surface area contributed by atoms with Crippen LogP contribution in [0.25, 0.3) is 0 Å². The Bertz CT molecular complexity index is 1140. The van der Waals surface area contributed by atoms with E-state index in [1.165, 1.54) is 12.0 Å². The second-order valence-electron chi connectivity index (χ2n) is 7.44. The topological polar surface area (TPSA) is 78.9 Å². The molecule has 0 aliphatic carbocycles. The van der Waals surface area contributed by atoms with Crippen LogP contribution < -0.4 is 5.32 Å². The molecule has 0 unspecified atom stereocenters. The van der Waals surface area contributed by atoms with Crippen LogP contribution in [-0.2, 0) is 14.3 Å². The summed E-state index contributed by atoms with van der Waals surface area (Å²) in [5, 5.41) is 12.5. The van der Waals surface area contributed by atoms with Crippen LogP contribution in [0.4, 0.5) is 5.69 Å². The highest BCUT2D eigenvalue weighted by Crippen LogP contribution is 2.37. The van der Waals surface area contributed by atoms with Crippen molar-refractivity contribution in [1.29, 1.82) is 0 Å². The highest BCUT2D eigenvalue weighted by molar-refractivity contribution is 8.00. The number of amides is 1. The Kier molecular flexibility index (Phi) is 7.95. The standard InChI is InChI=1S/C26H24N2O4S2/c1-32-26(31)23-17-28(12-13-29)25(30)24(23)27-18-14-21(33-19-8-4-2-5-9-19)16-22(15-18)34-20-10-6-3-7-11-20/h2-11,14-16,27,29H,12-13,17H2,1H3. The van der Waals surface area contributed by atoms with Gasteiger partial charge in [-0.05, 0) is 42.5 Å². The molecule has 1 aliphatic heterocycles. The summed E-state index contributed by atoms with van der Waals surface area (Å²) in [6.07, 6.45) is 0. The lowest BCUT2D eigenvalue weighted by Crippen LogP contribution is -2.31. The number of β-amino-alcohol motifs (C(OH)–C–C–N with tert-alkyl or cyclic N) is 1. The molecule has 3 aromatic rings. The molecule has 0 saturated carbocycles. The number of hydrogen-bond donors (Lipinski definition) is 2. The SMILES string of the molecule is COC(=O)C1=C(Nc2cc(Sc3ccccc3)cc(Sc3ccccc3)c2)C(=O)N(CCO)C1. The van der Waals surface area contributed by atoms with Gasteiger partial charge in [0.05, 0.1) is 25.8 Å². The third-order valence-electron chi connectivity index (χ3n) is 5.06. The highest BCUT2D eigenvalue weighted by Gasteiger charge is 2.34. The van der Waals surface area contributed by atoms with E-state index < -0.39 is 5.97 Å². The number of aliphatic hydroxyl groups is 1. The maximum Gasteiger partial charge on any atom is 0.337 e. The van der Waals surface area contributed by atoms with Gasteiger partial charge in [0.2, 0.25) is 0 Å². The third-order valence-corrected chi connectivity index (χ3v) is 7.02. The van der Waals surface area contributed by atoms with Crippen molar-refractivity contribution >= 4 is 41.1 Å². The molecule has 6 nitrogen and oxygen atoms in total. The minimum Gasteiger partial charge on any atom is -0.466 e. The van der Waals surface area contributed by atoms with Gasteiger partial charge in [-0.15, -0.1) is 0 Å². The van der Waals surface area contributed by atoms with Crippen LogP contribution in [0, 0.1) is 0 Å². The van der Waals surface area contributed by atoms with Crippen molar-refractivity contribution in [1.82, 2.24) is 4.90 Å². The summed E-state index contributed by atoms with van der Waals surface area (Å²) in [5.41, 5.74) is 1.12. The van der Waals surface area contributed by atoms with Gasteiger partial charge in [-0.1, -0.05) is 59.9 Å². The van der Waals surface area contributed by atoms with Crippen molar-refractivity contribution in [2.45, 2.75) is 19.6 Å². The summed E-state index contributed by atoms with van der Waals surface area (Å²) < 4.78 is 4.90. The fourth-order valence-corrected chi connectivity index (χ4v) is 5.45. The molecule has 2 N–H and O–H groups in total. The lowest BCUT2D eigenvalue weighted by atomic mass is 10.2. The summed E-state index contributed by atoms with van der Waals surface area (Å²) in [4.78, 5) is 30.9. The number of anilines is 1. The van der Waals surface area contributed by atoms with Crippen molar-refractivity contribution < 1.29 is 19.4 Å². The molecule has 0 saturated heterocycles. The van der Waals surface area contributed by atoms with Crippen molar-refractivity contribution in [3.8, 4) is 0 Å². The van der Waals surface area contributed by atoms with Crippen molar-refractivity contribution in [2.24, 2.45) is 0 Å². The van der Waals surface area contributed by atoms with Gasteiger partial charge in [0.15, 0.2) is 0 Å². The van der Waals surface area contributed by atoms with Gasteiger partial charge in [0.1, 0.15) is 5.70 Å². The first-order chi connectivity index (χ1) is 16.6. The second-order valence-corrected chi connectivity index (χ2v) is 9.74. The molecule has 34 heavy (non-hydrogen) atoms. The van der Waals surface area contributed by atoms with Gasteiger partial charge in [0, 0.05) is 31.8 Å². The molecule has 3 aromatic carbocycles. The van der Waals surface area contributed by atoms with Crippen molar-refractivity contribution in [3.63, 3.8) is 0 Å². The third kappa shape index (κ3) is 5.83. The van der Waals surface area contributed by atoms with Gasteiger partial charge in [-0.25, -0.2) is 4.79 Å². The molecule has 0 atom stereocenters. The second kappa shape index (κ2) is 11.3. The number of esters is 1. The van der Waals surface area contributed by atoms with Crippen LogP contribution >= 0.6 is 23.5 Å². The molecule has 174 valence electrons. The van der Waals surface area contributed by atoms with E-state index in [9.17, 15) is 14.7 Å². The lowest BCUT2D eigenvalue weighted by Gasteiger charge is -2.16. The summed E-state index contributed by atoms with van der Waals surface area (Å²) in [5.74, 6) is -0.905. The first-order valence-electron chi connectivity index (χ1n) is 10.7. The zero-order valence-corrected chi connectivity index (χ0v) is 20.2. The number of ether oxygens (including phenoxy) is 1. The van der Waals surface area contributed by atoms with E-state index in [1.807, 2.05) is 72.8 Å². The number of methoxy groups -OCH3 is 1. The maximum atomic E-state index is 13.0. The molecular weight excluding hydrogens is 468 g/mol. The van der Waals surface area contributed by atoms with E-state index >= 15 is 0 Å². The van der Waals surface area contributed by atoms with Crippen molar-refractivity contribution in [2.75, 3.05) is 32.1 Å². The van der Waals surface area contributed by atoms with Crippen LogP contribution in [0.15, 0.2) is 110 Å². The van der Waals surface area contributed by atoms with E-state index in [2.05, 4.69) is 11.4 Å². The number of carbonyl (C=O) groups excluding carboxylic acids is 2. The van der Waals surface area contributed by atoms with E-state index in [0.29, 0.717) is 5.69 Å². The largest absolute Gasteiger partial charge is 0.466 e. The smallest absolute Gasteiger partial charge is 0.337 e. The Balaban J connectivity index is 1.69. The van der Waals surface area contributed by atoms with Crippen molar-refractivity contribution in [3.05, 3.63) is 90.1 Å². The van der Waals surface area contributed by atoms with Gasteiger partial charge >= 0.3 is 5.97 Å². The molecule has 1 aliphatic rings. The predicted molar refractivity (Wildman–Crippen MR) is 134 cm³/mol. The Labute approximate surface area is 207 Å². The first kappa shape index (κ1) is 23.9. The lowest BCUT2D eigenvalue weighted by molar-refractivity contribution is -0.136. The van der Waals surface area contributed by atoms with Gasteiger partial charge in [-0.3, -0.25) is 4.79 Å². The minimum atomic E-state index is -0.565. The molecule has 0 radical (unpaired) electrons. The van der Waals surface area contributed by atoms with E-state index in [-0.39, 0.29) is 36.9 Å². The zero-order chi connectivity index (χ0) is 23.9. The first-order valence-corrected chi connectivity index (χ1v) is 12.3. The number of aliphatic hydroxyl groups excluding tert-OH is 1. The van der Waals surface area contributed by atoms with E-state index in [1.54, 1.807) is 23.5 Å². The highest BCUT2D eigenvalue weighted by atomic mass is 32.2. The van der Waals surface area contributed by atoms with Crippen LogP contribution in [0.5, 0.6) is 0 Å². The monoisotopic (exact) mass is 492 g/mol. The number of nitrogens with one attached hydrogen (secondary N) is 1. The normalized spacial score (nSPS) is 13.4. The van der Waals surface area contributed by atoms with E-state index in [4.69, 9.17) is 4.74 Å². The summed E-state index contributed by atoms with van der Waals surface area (Å²) in [7, 11) is 1.29. The molecular formula is C26H24N2O4S2. The molecule has 1 heterocycles. The molecule has 0 bridgehead atoms. The zero-order valence-electron chi connectivity index (χ0n) is 18.6. The Morgan fingerprint density at radius 3 is 2.00 bits per heavy atom. The number of carbonyl (C=O) groups is 2. The minimum absolute atomic E-state index is 0.0957. The summed E-state index contributed by atoms with van der Waals surface area (Å²) in [6.45, 7) is 0.0521. The Hall–Kier alpha value is -3.20. The maximum absolute atomic E-state index is 13.0. The van der Waals surface area contributed by atoms with Crippen LogP contribution in [0.1, 0.15) is 0 Å². The van der Waals surface area contributed by atoms with Gasteiger partial charge in [0.25, 0.3) is 5.91 Å². The molecule has 4 rings (SSSR count). The van der Waals surface area contributed by atoms with Gasteiger partial charge < -0.3 is 20.1 Å². The molecule has 0 fully saturated rings. The van der Waals surface area contributed by atoms with Crippen LogP contribution in [0.2, 0.25) is 0 Å². The summed E-state index contributed by atoms with van der Waals surface area (Å²) in [6, 6.07) is 26.1. The Morgan fingerprint density at radius 2 is 1.50 bits per heavy atom.